The van der Waals surface area contributed by atoms with Crippen LogP contribution in [-0.2, 0) is 19.2 Å². The van der Waals surface area contributed by atoms with Gasteiger partial charge >= 0.3 is 0 Å². The van der Waals surface area contributed by atoms with Gasteiger partial charge in [0, 0.05) is 25.8 Å². The first kappa shape index (κ1) is 18.1. The molecule has 0 saturated carbocycles. The molecule has 0 aromatic heterocycles. The SMILES string of the molecule is CC(C)[C@H](NC(=O)CCCCCN1C(=O)CCC1=O)C(N)=O. The van der Waals surface area contributed by atoms with Crippen LogP contribution in [0.4, 0.5) is 0 Å². The van der Waals surface area contributed by atoms with Crippen LogP contribution in [0.25, 0.3) is 0 Å². The lowest BCUT2D eigenvalue weighted by molar-refractivity contribution is -0.138. The standard InChI is InChI=1S/C15H25N3O4/c1-10(2)14(15(16)22)17-11(19)6-4-3-5-9-18-12(20)7-8-13(18)21/h10,14H,3-9H2,1-2H3,(H2,16,22)(H,17,19)/t14-/m0/s1. The average Bonchev–Trinajstić information content (AvgIpc) is 2.75. The number of carbonyl (C=O) groups excluding carboxylic acids is 4. The molecule has 0 aliphatic carbocycles. The fraction of sp³-hybridized carbons (Fsp3) is 0.733. The lowest BCUT2D eigenvalue weighted by Gasteiger charge is -2.19. The van der Waals surface area contributed by atoms with Gasteiger partial charge in [0.25, 0.3) is 0 Å². The number of carbonyl (C=O) groups is 4. The van der Waals surface area contributed by atoms with Crippen LogP contribution in [0.2, 0.25) is 0 Å². The second-order valence-corrected chi connectivity index (χ2v) is 5.94. The van der Waals surface area contributed by atoms with Gasteiger partial charge in [0.1, 0.15) is 6.04 Å². The van der Waals surface area contributed by atoms with Crippen molar-refractivity contribution in [2.75, 3.05) is 6.54 Å². The molecule has 1 saturated heterocycles. The van der Waals surface area contributed by atoms with E-state index < -0.39 is 11.9 Å². The number of nitrogens with zero attached hydrogens (tertiary/aromatic N) is 1. The number of hydrogen-bond acceptors (Lipinski definition) is 4. The molecule has 0 spiro atoms. The Morgan fingerprint density at radius 1 is 1.14 bits per heavy atom. The van der Waals surface area contributed by atoms with E-state index in [9.17, 15) is 19.2 Å². The van der Waals surface area contributed by atoms with Crippen LogP contribution in [0.5, 0.6) is 0 Å². The third-order valence-electron chi connectivity index (χ3n) is 3.73. The van der Waals surface area contributed by atoms with Gasteiger partial charge in [0.2, 0.25) is 23.6 Å². The smallest absolute Gasteiger partial charge is 0.240 e. The Kier molecular flexibility index (Phi) is 7.01. The molecule has 0 bridgehead atoms. The van der Waals surface area contributed by atoms with Gasteiger partial charge in [-0.15, -0.1) is 0 Å². The molecular weight excluding hydrogens is 286 g/mol. The Hall–Kier alpha value is -1.92. The van der Waals surface area contributed by atoms with Crippen LogP contribution in [-0.4, -0.2) is 41.1 Å². The Labute approximate surface area is 130 Å². The summed E-state index contributed by atoms with van der Waals surface area (Å²) in [6.45, 7) is 4.06. The van der Waals surface area contributed by atoms with Crippen molar-refractivity contribution < 1.29 is 19.2 Å². The number of hydrogen-bond donors (Lipinski definition) is 2. The van der Waals surface area contributed by atoms with Crippen molar-refractivity contribution in [1.82, 2.24) is 10.2 Å². The fourth-order valence-electron chi connectivity index (χ4n) is 2.42. The van der Waals surface area contributed by atoms with Crippen molar-refractivity contribution in [2.24, 2.45) is 11.7 Å². The molecule has 1 rings (SSSR count). The van der Waals surface area contributed by atoms with E-state index in [2.05, 4.69) is 5.32 Å². The first-order valence-electron chi connectivity index (χ1n) is 7.74. The Bertz CT molecular complexity index is 432. The van der Waals surface area contributed by atoms with Gasteiger partial charge in [-0.3, -0.25) is 24.1 Å². The summed E-state index contributed by atoms with van der Waals surface area (Å²) in [5, 5.41) is 2.63. The zero-order valence-electron chi connectivity index (χ0n) is 13.3. The monoisotopic (exact) mass is 311 g/mol. The highest BCUT2D eigenvalue weighted by molar-refractivity contribution is 6.01. The number of unbranched alkanes of at least 4 members (excludes halogenated alkanes) is 2. The van der Waals surface area contributed by atoms with Gasteiger partial charge < -0.3 is 11.1 Å². The first-order valence-corrected chi connectivity index (χ1v) is 7.74. The summed E-state index contributed by atoms with van der Waals surface area (Å²) >= 11 is 0. The van der Waals surface area contributed by atoms with Crippen LogP contribution in [0.1, 0.15) is 52.4 Å². The van der Waals surface area contributed by atoms with Crippen LogP contribution in [0.15, 0.2) is 0 Å². The van der Waals surface area contributed by atoms with Gasteiger partial charge in [0.15, 0.2) is 0 Å². The molecule has 1 fully saturated rings. The Morgan fingerprint density at radius 3 is 2.23 bits per heavy atom. The topological polar surface area (TPSA) is 110 Å². The second-order valence-electron chi connectivity index (χ2n) is 5.94. The van der Waals surface area contributed by atoms with E-state index >= 15 is 0 Å². The maximum atomic E-state index is 11.7. The third kappa shape index (κ3) is 5.46. The lowest BCUT2D eigenvalue weighted by Crippen LogP contribution is -2.47. The molecule has 0 aromatic carbocycles. The number of rotatable bonds is 9. The average molecular weight is 311 g/mol. The maximum Gasteiger partial charge on any atom is 0.240 e. The molecule has 7 nitrogen and oxygen atoms in total. The van der Waals surface area contributed by atoms with Crippen molar-refractivity contribution in [3.8, 4) is 0 Å². The zero-order valence-corrected chi connectivity index (χ0v) is 13.3. The molecular formula is C15H25N3O4. The number of likely N-dealkylation sites (tertiary alicyclic amines) is 1. The van der Waals surface area contributed by atoms with Crippen LogP contribution in [0, 0.1) is 5.92 Å². The largest absolute Gasteiger partial charge is 0.368 e. The summed E-state index contributed by atoms with van der Waals surface area (Å²) in [5.41, 5.74) is 5.24. The molecule has 1 atom stereocenters. The van der Waals surface area contributed by atoms with Crippen molar-refractivity contribution in [2.45, 2.75) is 58.4 Å². The van der Waals surface area contributed by atoms with E-state index in [0.717, 1.165) is 6.42 Å². The van der Waals surface area contributed by atoms with Crippen molar-refractivity contribution in [3.63, 3.8) is 0 Å². The van der Waals surface area contributed by atoms with Gasteiger partial charge in [-0.25, -0.2) is 0 Å². The number of nitrogens with two attached hydrogens (primary N) is 1. The predicted molar refractivity (Wildman–Crippen MR) is 80.4 cm³/mol. The van der Waals surface area contributed by atoms with Crippen molar-refractivity contribution in [3.05, 3.63) is 0 Å². The number of nitrogens with one attached hydrogen (secondary N) is 1. The van der Waals surface area contributed by atoms with E-state index in [-0.39, 0.29) is 23.6 Å². The second kappa shape index (κ2) is 8.51. The number of primary amides is 1. The lowest BCUT2D eigenvalue weighted by atomic mass is 10.0. The number of imide groups is 1. The summed E-state index contributed by atoms with van der Waals surface area (Å²) in [6.07, 6.45) is 3.00. The molecule has 1 heterocycles. The number of amides is 4. The van der Waals surface area contributed by atoms with Gasteiger partial charge in [-0.05, 0) is 18.8 Å². The van der Waals surface area contributed by atoms with Gasteiger partial charge in [-0.2, -0.15) is 0 Å². The molecule has 1 aliphatic rings. The molecule has 0 radical (unpaired) electrons. The molecule has 7 heteroatoms. The molecule has 3 N–H and O–H groups in total. The first-order chi connectivity index (χ1) is 10.3. The minimum absolute atomic E-state index is 0.0476. The van der Waals surface area contributed by atoms with Crippen LogP contribution < -0.4 is 11.1 Å². The maximum absolute atomic E-state index is 11.7. The van der Waals surface area contributed by atoms with Gasteiger partial charge in [0.05, 0.1) is 0 Å². The molecule has 0 unspecified atom stereocenters. The molecule has 22 heavy (non-hydrogen) atoms. The summed E-state index contributed by atoms with van der Waals surface area (Å²) in [4.78, 5) is 47.0. The Balaban J connectivity index is 2.18. The van der Waals surface area contributed by atoms with E-state index in [4.69, 9.17) is 5.73 Å². The minimum Gasteiger partial charge on any atom is -0.368 e. The zero-order chi connectivity index (χ0) is 16.7. The van der Waals surface area contributed by atoms with E-state index in [1.54, 1.807) is 0 Å². The highest BCUT2D eigenvalue weighted by Crippen LogP contribution is 2.13. The van der Waals surface area contributed by atoms with Crippen molar-refractivity contribution in [1.29, 1.82) is 0 Å². The summed E-state index contributed by atoms with van der Waals surface area (Å²) < 4.78 is 0. The quantitative estimate of drug-likeness (QED) is 0.472. The van der Waals surface area contributed by atoms with Gasteiger partial charge in [-0.1, -0.05) is 20.3 Å². The fourth-order valence-corrected chi connectivity index (χ4v) is 2.42. The summed E-state index contributed by atoms with van der Waals surface area (Å²) in [6, 6.07) is -0.646. The molecule has 1 aliphatic heterocycles. The van der Waals surface area contributed by atoms with Crippen molar-refractivity contribution >= 4 is 23.6 Å². The molecule has 4 amide bonds. The molecule has 0 aromatic rings. The van der Waals surface area contributed by atoms with E-state index in [0.29, 0.717) is 38.6 Å². The van der Waals surface area contributed by atoms with Crippen LogP contribution in [0.3, 0.4) is 0 Å². The highest BCUT2D eigenvalue weighted by Gasteiger charge is 2.27. The third-order valence-corrected chi connectivity index (χ3v) is 3.73. The molecule has 124 valence electrons. The minimum atomic E-state index is -0.646. The van der Waals surface area contributed by atoms with E-state index in [1.165, 1.54) is 4.90 Å². The van der Waals surface area contributed by atoms with E-state index in [1.807, 2.05) is 13.8 Å². The normalized spacial score (nSPS) is 16.2. The highest BCUT2D eigenvalue weighted by atomic mass is 16.2. The summed E-state index contributed by atoms with van der Waals surface area (Å²) in [5.74, 6) is -0.998. The van der Waals surface area contributed by atoms with Crippen LogP contribution >= 0.6 is 0 Å². The summed E-state index contributed by atoms with van der Waals surface area (Å²) in [7, 11) is 0. The predicted octanol–water partition coefficient (Wildman–Crippen LogP) is 0.322. The Morgan fingerprint density at radius 2 is 1.73 bits per heavy atom.